The Balaban J connectivity index is 1.40. The van der Waals surface area contributed by atoms with Crippen molar-refractivity contribution in [3.8, 4) is 0 Å². The molecule has 1 N–H and O–H groups in total. The quantitative estimate of drug-likeness (QED) is 0.642. The Labute approximate surface area is 137 Å². The van der Waals surface area contributed by atoms with E-state index in [1.54, 1.807) is 12.1 Å². The summed E-state index contributed by atoms with van der Waals surface area (Å²) in [7, 11) is 0. The van der Waals surface area contributed by atoms with Crippen molar-refractivity contribution in [3.05, 3.63) is 35.4 Å². The van der Waals surface area contributed by atoms with E-state index in [9.17, 15) is 9.59 Å². The number of rotatable bonds is 6. The fourth-order valence-corrected chi connectivity index (χ4v) is 3.35. The lowest BCUT2D eigenvalue weighted by Gasteiger charge is -2.19. The summed E-state index contributed by atoms with van der Waals surface area (Å²) in [5, 5.41) is 3.41. The van der Waals surface area contributed by atoms with Crippen LogP contribution in [0, 0.1) is 0 Å². The minimum Gasteiger partial charge on any atom is -0.315 e. The fraction of sp³-hybridized carbons (Fsp3) is 0.556. The first kappa shape index (κ1) is 16.1. The van der Waals surface area contributed by atoms with Crippen molar-refractivity contribution in [2.45, 2.75) is 25.7 Å². The molecule has 2 heterocycles. The van der Waals surface area contributed by atoms with Crippen LogP contribution < -0.4 is 5.32 Å². The number of benzene rings is 1. The third-order valence-corrected chi connectivity index (χ3v) is 4.67. The van der Waals surface area contributed by atoms with Gasteiger partial charge in [0.05, 0.1) is 11.1 Å². The first-order valence-corrected chi connectivity index (χ1v) is 8.65. The predicted molar refractivity (Wildman–Crippen MR) is 89.6 cm³/mol. The molecule has 2 amide bonds. The van der Waals surface area contributed by atoms with Gasteiger partial charge in [-0.05, 0) is 51.0 Å². The van der Waals surface area contributed by atoms with Gasteiger partial charge in [0.25, 0.3) is 11.8 Å². The highest BCUT2D eigenvalue weighted by molar-refractivity contribution is 6.21. The summed E-state index contributed by atoms with van der Waals surface area (Å²) in [6, 6.07) is 7.10. The van der Waals surface area contributed by atoms with Gasteiger partial charge in [0.1, 0.15) is 0 Å². The van der Waals surface area contributed by atoms with E-state index in [0.29, 0.717) is 17.7 Å². The van der Waals surface area contributed by atoms with E-state index in [2.05, 4.69) is 10.2 Å². The Hall–Kier alpha value is -1.72. The van der Waals surface area contributed by atoms with Crippen LogP contribution in [0.15, 0.2) is 24.3 Å². The molecule has 1 aromatic carbocycles. The predicted octanol–water partition coefficient (Wildman–Crippen LogP) is 1.75. The zero-order valence-electron chi connectivity index (χ0n) is 13.6. The number of imide groups is 1. The normalized spacial score (nSPS) is 19.0. The van der Waals surface area contributed by atoms with E-state index in [0.717, 1.165) is 45.4 Å². The lowest BCUT2D eigenvalue weighted by molar-refractivity contribution is 0.0651. The molecule has 3 rings (SSSR count). The minimum atomic E-state index is -0.135. The summed E-state index contributed by atoms with van der Waals surface area (Å²) in [6.45, 7) is 6.15. The first-order chi connectivity index (χ1) is 11.3. The molecular weight excluding hydrogens is 290 g/mol. The van der Waals surface area contributed by atoms with Crippen LogP contribution in [0.25, 0.3) is 0 Å². The molecule has 1 saturated heterocycles. The van der Waals surface area contributed by atoms with Gasteiger partial charge in [-0.15, -0.1) is 0 Å². The van der Waals surface area contributed by atoms with E-state index in [-0.39, 0.29) is 11.8 Å². The van der Waals surface area contributed by atoms with Crippen LogP contribution in [0.5, 0.6) is 0 Å². The molecule has 0 bridgehead atoms. The van der Waals surface area contributed by atoms with Crippen LogP contribution in [0.4, 0.5) is 0 Å². The molecule has 0 aromatic heterocycles. The number of nitrogens with one attached hydrogen (secondary N) is 1. The maximum atomic E-state index is 12.2. The van der Waals surface area contributed by atoms with Gasteiger partial charge in [0.15, 0.2) is 0 Å². The standard InChI is InChI=1S/C18H25N3O2/c22-17-15-7-2-3-8-16(15)18(23)21(17)13-5-1-4-11-20-12-6-9-19-10-14-20/h2-3,7-8,19H,1,4-6,9-14H2. The van der Waals surface area contributed by atoms with Crippen LogP contribution in [-0.4, -0.2) is 60.9 Å². The van der Waals surface area contributed by atoms with Gasteiger partial charge in [-0.1, -0.05) is 18.6 Å². The van der Waals surface area contributed by atoms with Crippen LogP contribution >= 0.6 is 0 Å². The van der Waals surface area contributed by atoms with Gasteiger partial charge < -0.3 is 10.2 Å². The molecular formula is C18H25N3O2. The molecule has 5 heteroatoms. The second-order valence-corrected chi connectivity index (χ2v) is 6.31. The fourth-order valence-electron chi connectivity index (χ4n) is 3.35. The Morgan fingerprint density at radius 1 is 0.870 bits per heavy atom. The number of fused-ring (bicyclic) bond motifs is 1. The molecule has 0 aliphatic carbocycles. The first-order valence-electron chi connectivity index (χ1n) is 8.65. The highest BCUT2D eigenvalue weighted by atomic mass is 16.2. The molecule has 5 nitrogen and oxygen atoms in total. The maximum Gasteiger partial charge on any atom is 0.261 e. The third-order valence-electron chi connectivity index (χ3n) is 4.67. The van der Waals surface area contributed by atoms with Gasteiger partial charge in [-0.3, -0.25) is 14.5 Å². The van der Waals surface area contributed by atoms with E-state index in [1.807, 2.05) is 12.1 Å². The molecule has 0 radical (unpaired) electrons. The Morgan fingerprint density at radius 2 is 1.57 bits per heavy atom. The lowest BCUT2D eigenvalue weighted by Crippen LogP contribution is -2.31. The summed E-state index contributed by atoms with van der Waals surface area (Å²) in [4.78, 5) is 28.4. The van der Waals surface area contributed by atoms with Crippen molar-refractivity contribution in [3.63, 3.8) is 0 Å². The van der Waals surface area contributed by atoms with E-state index >= 15 is 0 Å². The van der Waals surface area contributed by atoms with Crippen LogP contribution in [-0.2, 0) is 0 Å². The molecule has 124 valence electrons. The van der Waals surface area contributed by atoms with Gasteiger partial charge in [0.2, 0.25) is 0 Å². The van der Waals surface area contributed by atoms with Crippen molar-refractivity contribution in [2.75, 3.05) is 39.3 Å². The van der Waals surface area contributed by atoms with Crippen LogP contribution in [0.2, 0.25) is 0 Å². The number of hydrogen-bond donors (Lipinski definition) is 1. The van der Waals surface area contributed by atoms with Crippen molar-refractivity contribution in [2.24, 2.45) is 0 Å². The lowest BCUT2D eigenvalue weighted by atomic mass is 10.1. The van der Waals surface area contributed by atoms with E-state index in [4.69, 9.17) is 0 Å². The molecule has 1 aromatic rings. The molecule has 2 aliphatic heterocycles. The molecule has 0 atom stereocenters. The summed E-state index contributed by atoms with van der Waals surface area (Å²) in [5.74, 6) is -0.270. The number of unbranched alkanes of at least 4 members (excludes halogenated alkanes) is 2. The van der Waals surface area contributed by atoms with Crippen molar-refractivity contribution < 1.29 is 9.59 Å². The van der Waals surface area contributed by atoms with Crippen LogP contribution in [0.1, 0.15) is 46.4 Å². The number of carbonyl (C=O) groups excluding carboxylic acids is 2. The average Bonchev–Trinajstić information content (AvgIpc) is 2.77. The average molecular weight is 315 g/mol. The van der Waals surface area contributed by atoms with Crippen molar-refractivity contribution >= 4 is 11.8 Å². The zero-order valence-corrected chi connectivity index (χ0v) is 13.6. The Kier molecular flexibility index (Phi) is 5.41. The Morgan fingerprint density at radius 3 is 2.30 bits per heavy atom. The van der Waals surface area contributed by atoms with Gasteiger partial charge in [0, 0.05) is 19.6 Å². The zero-order chi connectivity index (χ0) is 16.1. The maximum absolute atomic E-state index is 12.2. The second kappa shape index (κ2) is 7.70. The number of carbonyl (C=O) groups is 2. The molecule has 0 spiro atoms. The smallest absolute Gasteiger partial charge is 0.261 e. The largest absolute Gasteiger partial charge is 0.315 e. The number of amides is 2. The summed E-state index contributed by atoms with van der Waals surface area (Å²) >= 11 is 0. The highest BCUT2D eigenvalue weighted by Crippen LogP contribution is 2.22. The Bertz CT molecular complexity index is 530. The molecule has 2 aliphatic rings. The molecule has 0 saturated carbocycles. The number of nitrogens with zero attached hydrogens (tertiary/aromatic N) is 2. The van der Waals surface area contributed by atoms with Gasteiger partial charge in [-0.2, -0.15) is 0 Å². The highest BCUT2D eigenvalue weighted by Gasteiger charge is 2.34. The van der Waals surface area contributed by atoms with E-state index in [1.165, 1.54) is 17.9 Å². The van der Waals surface area contributed by atoms with Crippen LogP contribution in [0.3, 0.4) is 0 Å². The van der Waals surface area contributed by atoms with Crippen molar-refractivity contribution in [1.82, 2.24) is 15.1 Å². The number of hydrogen-bond acceptors (Lipinski definition) is 4. The summed E-state index contributed by atoms with van der Waals surface area (Å²) in [5.41, 5.74) is 1.10. The molecule has 23 heavy (non-hydrogen) atoms. The SMILES string of the molecule is O=C1c2ccccc2C(=O)N1CCCCCN1CCCNCC1. The second-order valence-electron chi connectivity index (χ2n) is 6.31. The van der Waals surface area contributed by atoms with Crippen molar-refractivity contribution in [1.29, 1.82) is 0 Å². The summed E-state index contributed by atoms with van der Waals surface area (Å²) < 4.78 is 0. The third kappa shape index (κ3) is 3.79. The van der Waals surface area contributed by atoms with E-state index < -0.39 is 0 Å². The van der Waals surface area contributed by atoms with Gasteiger partial charge in [-0.25, -0.2) is 0 Å². The minimum absolute atomic E-state index is 0.135. The molecule has 0 unspecified atom stereocenters. The topological polar surface area (TPSA) is 52.7 Å². The monoisotopic (exact) mass is 315 g/mol. The molecule has 1 fully saturated rings. The van der Waals surface area contributed by atoms with Gasteiger partial charge >= 0.3 is 0 Å². The summed E-state index contributed by atoms with van der Waals surface area (Å²) in [6.07, 6.45) is 4.28.